The third kappa shape index (κ3) is 2.61. The van der Waals surface area contributed by atoms with Crippen LogP contribution in [0.15, 0.2) is 23.1 Å². The van der Waals surface area contributed by atoms with E-state index in [9.17, 15) is 14.7 Å². The number of carbonyl (C=O) groups is 1. The summed E-state index contributed by atoms with van der Waals surface area (Å²) >= 11 is 1.61. The summed E-state index contributed by atoms with van der Waals surface area (Å²) in [6.45, 7) is 3.54. The third-order valence-electron chi connectivity index (χ3n) is 5.71. The summed E-state index contributed by atoms with van der Waals surface area (Å²) in [5.41, 5.74) is 2.91. The zero-order valence-corrected chi connectivity index (χ0v) is 16.2. The lowest BCUT2D eigenvalue weighted by Gasteiger charge is -2.15. The van der Waals surface area contributed by atoms with Gasteiger partial charge in [-0.1, -0.05) is 0 Å². The van der Waals surface area contributed by atoms with Crippen molar-refractivity contribution >= 4 is 22.8 Å². The van der Waals surface area contributed by atoms with Crippen molar-refractivity contribution in [2.24, 2.45) is 0 Å². The summed E-state index contributed by atoms with van der Waals surface area (Å²) < 4.78 is 16.4. The Bertz CT molecular complexity index is 1180. The van der Waals surface area contributed by atoms with Crippen LogP contribution in [0.2, 0.25) is 0 Å². The van der Waals surface area contributed by atoms with Crippen LogP contribution in [-0.4, -0.2) is 22.0 Å². The average molecular weight is 398 g/mol. The molecule has 4 heterocycles. The SMILES string of the molecule is Cc1c(-c2cc3c(s2)CCNC3)c(F)cn2c(=O)c(C(=O)O)cc(C3CC3)c12. The van der Waals surface area contributed by atoms with Crippen LogP contribution in [0.3, 0.4) is 0 Å². The van der Waals surface area contributed by atoms with Gasteiger partial charge in [0.2, 0.25) is 0 Å². The Morgan fingerprint density at radius 3 is 2.82 bits per heavy atom. The lowest BCUT2D eigenvalue weighted by Crippen LogP contribution is -2.24. The number of nitrogens with zero attached hydrogens (tertiary/aromatic N) is 1. The van der Waals surface area contributed by atoms with Gasteiger partial charge in [-0.3, -0.25) is 9.20 Å². The highest BCUT2D eigenvalue weighted by molar-refractivity contribution is 7.15. The molecule has 0 radical (unpaired) electrons. The van der Waals surface area contributed by atoms with E-state index in [1.807, 2.05) is 13.0 Å². The van der Waals surface area contributed by atoms with Gasteiger partial charge in [0.1, 0.15) is 11.4 Å². The summed E-state index contributed by atoms with van der Waals surface area (Å²) in [7, 11) is 0. The zero-order chi connectivity index (χ0) is 19.6. The van der Waals surface area contributed by atoms with Gasteiger partial charge >= 0.3 is 5.97 Å². The average Bonchev–Trinajstić information content (AvgIpc) is 3.41. The van der Waals surface area contributed by atoms with Crippen LogP contribution < -0.4 is 10.9 Å². The maximum Gasteiger partial charge on any atom is 0.341 e. The predicted octanol–water partition coefficient (Wildman–Crippen LogP) is 3.70. The molecular weight excluding hydrogens is 379 g/mol. The van der Waals surface area contributed by atoms with Crippen LogP contribution in [0.4, 0.5) is 4.39 Å². The van der Waals surface area contributed by atoms with Crippen LogP contribution in [-0.2, 0) is 13.0 Å². The molecule has 5 rings (SSSR count). The number of fused-ring (bicyclic) bond motifs is 2. The van der Waals surface area contributed by atoms with Crippen LogP contribution in [0.1, 0.15) is 50.7 Å². The summed E-state index contributed by atoms with van der Waals surface area (Å²) in [5, 5.41) is 12.7. The van der Waals surface area contributed by atoms with Crippen LogP contribution in [0.25, 0.3) is 16.0 Å². The van der Waals surface area contributed by atoms with Gasteiger partial charge in [0.25, 0.3) is 5.56 Å². The van der Waals surface area contributed by atoms with E-state index in [-0.39, 0.29) is 11.5 Å². The van der Waals surface area contributed by atoms with Crippen LogP contribution in [0, 0.1) is 12.7 Å². The molecule has 0 aromatic carbocycles. The summed E-state index contributed by atoms with van der Waals surface area (Å²) in [5.74, 6) is -1.55. The first-order valence-corrected chi connectivity index (χ1v) is 10.2. The number of nitrogens with one attached hydrogen (secondary N) is 1. The van der Waals surface area contributed by atoms with E-state index in [1.54, 1.807) is 11.3 Å². The highest BCUT2D eigenvalue weighted by Crippen LogP contribution is 2.44. The highest BCUT2D eigenvalue weighted by atomic mass is 32.1. The minimum atomic E-state index is -1.28. The van der Waals surface area contributed by atoms with Crippen molar-refractivity contribution in [2.45, 2.75) is 38.6 Å². The van der Waals surface area contributed by atoms with E-state index in [0.717, 1.165) is 49.0 Å². The molecule has 5 nitrogen and oxygen atoms in total. The van der Waals surface area contributed by atoms with Gasteiger partial charge in [-0.25, -0.2) is 9.18 Å². The van der Waals surface area contributed by atoms with Crippen molar-refractivity contribution in [3.8, 4) is 10.4 Å². The second-order valence-electron chi connectivity index (χ2n) is 7.58. The van der Waals surface area contributed by atoms with Gasteiger partial charge < -0.3 is 10.4 Å². The number of carboxylic acids is 1. The molecule has 2 aliphatic rings. The molecule has 144 valence electrons. The lowest BCUT2D eigenvalue weighted by atomic mass is 9.99. The Balaban J connectivity index is 1.82. The summed E-state index contributed by atoms with van der Waals surface area (Å²) in [4.78, 5) is 26.3. The molecule has 1 aliphatic heterocycles. The van der Waals surface area contributed by atoms with Crippen molar-refractivity contribution in [3.05, 3.63) is 61.6 Å². The fourth-order valence-corrected chi connectivity index (χ4v) is 5.47. The molecule has 28 heavy (non-hydrogen) atoms. The fourth-order valence-electron chi connectivity index (χ4n) is 4.19. The first-order chi connectivity index (χ1) is 13.5. The lowest BCUT2D eigenvalue weighted by molar-refractivity contribution is 0.0694. The molecule has 0 amide bonds. The molecule has 0 bridgehead atoms. The van der Waals surface area contributed by atoms with Crippen molar-refractivity contribution in [1.82, 2.24) is 9.72 Å². The minimum absolute atomic E-state index is 0.228. The van der Waals surface area contributed by atoms with Gasteiger partial charge in [0.05, 0.1) is 5.52 Å². The van der Waals surface area contributed by atoms with Crippen LogP contribution >= 0.6 is 11.3 Å². The number of rotatable bonds is 3. The second kappa shape index (κ2) is 6.25. The molecule has 7 heteroatoms. The molecule has 3 aromatic heterocycles. The number of carboxylic acid groups (broad SMARTS) is 1. The third-order valence-corrected chi connectivity index (χ3v) is 6.96. The Kier molecular flexibility index (Phi) is 3.93. The van der Waals surface area contributed by atoms with E-state index in [1.165, 1.54) is 20.9 Å². The minimum Gasteiger partial charge on any atom is -0.477 e. The molecule has 1 saturated carbocycles. The van der Waals surface area contributed by atoms with E-state index in [2.05, 4.69) is 5.32 Å². The summed E-state index contributed by atoms with van der Waals surface area (Å²) in [6, 6.07) is 3.53. The molecule has 2 N–H and O–H groups in total. The monoisotopic (exact) mass is 398 g/mol. The van der Waals surface area contributed by atoms with Crippen molar-refractivity contribution < 1.29 is 14.3 Å². The molecular formula is C21H19FN2O3S. The predicted molar refractivity (Wildman–Crippen MR) is 106 cm³/mol. The highest BCUT2D eigenvalue weighted by Gasteiger charge is 2.30. The number of aryl methyl sites for hydroxylation is 1. The molecule has 0 atom stereocenters. The Morgan fingerprint density at radius 2 is 2.14 bits per heavy atom. The second-order valence-corrected chi connectivity index (χ2v) is 8.72. The van der Waals surface area contributed by atoms with Gasteiger partial charge in [-0.2, -0.15) is 0 Å². The molecule has 3 aromatic rings. The van der Waals surface area contributed by atoms with Crippen LogP contribution in [0.5, 0.6) is 0 Å². The van der Waals surface area contributed by atoms with E-state index in [0.29, 0.717) is 16.6 Å². The quantitative estimate of drug-likeness (QED) is 0.706. The number of aromatic nitrogens is 1. The van der Waals surface area contributed by atoms with Gasteiger partial charge in [-0.15, -0.1) is 11.3 Å². The first-order valence-electron chi connectivity index (χ1n) is 9.40. The van der Waals surface area contributed by atoms with Crippen molar-refractivity contribution in [1.29, 1.82) is 0 Å². The molecule has 1 fully saturated rings. The van der Waals surface area contributed by atoms with Crippen molar-refractivity contribution in [3.63, 3.8) is 0 Å². The Labute approximate surface area is 164 Å². The zero-order valence-electron chi connectivity index (χ0n) is 15.3. The number of aromatic carboxylic acids is 1. The molecule has 0 spiro atoms. The smallest absolute Gasteiger partial charge is 0.341 e. The van der Waals surface area contributed by atoms with E-state index >= 15 is 4.39 Å². The van der Waals surface area contributed by atoms with Gasteiger partial charge in [0, 0.05) is 34.6 Å². The van der Waals surface area contributed by atoms with Gasteiger partial charge in [-0.05, 0) is 60.9 Å². The first kappa shape index (κ1) is 17.6. The van der Waals surface area contributed by atoms with Crippen molar-refractivity contribution in [2.75, 3.05) is 6.54 Å². The standard InChI is InChI=1S/C21H19FN2O3S/c1-10-18(17-6-12-8-23-5-4-16(12)28-17)15(22)9-24-19(10)13(11-2-3-11)7-14(20(24)25)21(26)27/h6-7,9,11,23H,2-5,8H2,1H3,(H,26,27). The molecule has 1 aliphatic carbocycles. The van der Waals surface area contributed by atoms with Gasteiger partial charge in [0.15, 0.2) is 0 Å². The number of pyridine rings is 2. The number of hydrogen-bond donors (Lipinski definition) is 2. The summed E-state index contributed by atoms with van der Waals surface area (Å²) in [6.07, 6.45) is 4.01. The molecule has 0 saturated heterocycles. The number of thiophene rings is 1. The largest absolute Gasteiger partial charge is 0.477 e. The maximum absolute atomic E-state index is 15.2. The number of hydrogen-bond acceptors (Lipinski definition) is 4. The topological polar surface area (TPSA) is 70.8 Å². The normalized spacial score (nSPS) is 16.4. The number of halogens is 1. The Hall–Kier alpha value is -2.51. The Morgan fingerprint density at radius 1 is 1.36 bits per heavy atom. The van der Waals surface area contributed by atoms with E-state index in [4.69, 9.17) is 0 Å². The maximum atomic E-state index is 15.2. The van der Waals surface area contributed by atoms with E-state index < -0.39 is 17.3 Å². The molecule has 0 unspecified atom stereocenters. The fraction of sp³-hybridized carbons (Fsp3) is 0.333.